The van der Waals surface area contributed by atoms with Crippen LogP contribution < -0.4 is 5.73 Å². The summed E-state index contributed by atoms with van der Waals surface area (Å²) in [6.45, 7) is 3.50. The zero-order valence-electron chi connectivity index (χ0n) is 5.16. The number of hydrogen-bond acceptors (Lipinski definition) is 3. The quantitative estimate of drug-likeness (QED) is 0.691. The van der Waals surface area contributed by atoms with Gasteiger partial charge in [0, 0.05) is 23.4 Å². The van der Waals surface area contributed by atoms with Crippen LogP contribution in [-0.4, -0.2) is 4.98 Å². The van der Waals surface area contributed by atoms with Crippen LogP contribution in [0.25, 0.3) is 0 Å². The maximum absolute atomic E-state index is 6.50. The van der Waals surface area contributed by atoms with E-state index in [9.17, 15) is 0 Å². The average molecular weight is 200 g/mol. The average Bonchev–Trinajstić information content (AvgIpc) is 1.91. The van der Waals surface area contributed by atoms with Crippen molar-refractivity contribution in [3.63, 3.8) is 0 Å². The summed E-state index contributed by atoms with van der Waals surface area (Å²) < 4.78 is 0.914. The highest BCUT2D eigenvalue weighted by atomic mass is 79.9. The first-order valence-corrected chi connectivity index (χ1v) is 3.20. The van der Waals surface area contributed by atoms with E-state index in [1.807, 2.05) is 0 Å². The van der Waals surface area contributed by atoms with Gasteiger partial charge >= 0.3 is 0 Å². The zero-order chi connectivity index (χ0) is 7.98. The highest BCUT2D eigenvalue weighted by molar-refractivity contribution is 9.10. The van der Waals surface area contributed by atoms with Gasteiger partial charge in [-0.2, -0.15) is 0 Å². The van der Waals surface area contributed by atoms with Crippen molar-refractivity contribution >= 4 is 21.6 Å². The molecule has 1 aromatic heterocycles. The molecular weight excluding hydrogens is 194 g/mol. The first-order chi connectivity index (χ1) is 4.79. The number of nitrogens with two attached hydrogens (primary N) is 1. The molecular formula is C6H6BrN3. The van der Waals surface area contributed by atoms with E-state index in [0.29, 0.717) is 5.69 Å². The Morgan fingerprint density at radius 2 is 2.10 bits per heavy atom. The van der Waals surface area contributed by atoms with Gasteiger partial charge in [-0.3, -0.25) is 4.98 Å². The van der Waals surface area contributed by atoms with Crippen molar-refractivity contribution in [3.05, 3.63) is 22.9 Å². The number of anilines is 1. The molecule has 0 aromatic carbocycles. The number of nitriles is 1. The van der Waals surface area contributed by atoms with Gasteiger partial charge in [0.2, 0.25) is 0 Å². The van der Waals surface area contributed by atoms with Crippen LogP contribution in [0.15, 0.2) is 22.9 Å². The van der Waals surface area contributed by atoms with Crippen molar-refractivity contribution in [3.8, 4) is 6.57 Å². The summed E-state index contributed by atoms with van der Waals surface area (Å²) >= 11 is 3.22. The molecule has 0 amide bonds. The van der Waals surface area contributed by atoms with Gasteiger partial charge < -0.3 is 5.73 Å². The van der Waals surface area contributed by atoms with Gasteiger partial charge in [-0.05, 0) is 22.0 Å². The third-order valence-electron chi connectivity index (χ3n) is 0.726. The van der Waals surface area contributed by atoms with Gasteiger partial charge in [0.15, 0.2) is 0 Å². The monoisotopic (exact) mass is 199 g/mol. The predicted octanol–water partition coefficient (Wildman–Crippen LogP) is 1.57. The number of nitrogen functional groups attached to an aromatic ring is 1. The summed E-state index contributed by atoms with van der Waals surface area (Å²) in [6.07, 6.45) is 3.29. The summed E-state index contributed by atoms with van der Waals surface area (Å²) in [7, 11) is 0. The van der Waals surface area contributed by atoms with Crippen molar-refractivity contribution < 1.29 is 0 Å². The van der Waals surface area contributed by atoms with E-state index < -0.39 is 0 Å². The van der Waals surface area contributed by atoms with E-state index in [4.69, 9.17) is 11.0 Å². The van der Waals surface area contributed by atoms with Crippen LogP contribution in [0.3, 0.4) is 0 Å². The first-order valence-electron chi connectivity index (χ1n) is 2.41. The third kappa shape index (κ3) is 3.05. The van der Waals surface area contributed by atoms with Crippen molar-refractivity contribution in [2.45, 2.75) is 0 Å². The molecule has 0 atom stereocenters. The summed E-state index contributed by atoms with van der Waals surface area (Å²) in [6, 6.07) is 1.80. The molecule has 0 saturated carbocycles. The van der Waals surface area contributed by atoms with Crippen molar-refractivity contribution in [2.75, 3.05) is 5.73 Å². The fourth-order valence-corrected chi connectivity index (χ4v) is 0.811. The predicted molar refractivity (Wildman–Crippen MR) is 43.0 cm³/mol. The Balaban J connectivity index is 0.000000371. The lowest BCUT2D eigenvalue weighted by atomic mass is 10.4. The molecule has 1 heterocycles. The molecule has 1 aromatic rings. The molecule has 0 unspecified atom stereocenters. The maximum Gasteiger partial charge on any atom is 0.0511 e. The lowest BCUT2D eigenvalue weighted by Gasteiger charge is -1.88. The Hall–Kier alpha value is -1.08. The molecule has 0 aliphatic rings. The Morgan fingerprint density at radius 1 is 1.50 bits per heavy atom. The molecule has 0 aliphatic heterocycles. The molecule has 0 spiro atoms. The molecule has 0 radical (unpaired) electrons. The number of pyridine rings is 1. The number of halogens is 1. The fraction of sp³-hybridized carbons (Fsp3) is 0. The molecule has 4 heteroatoms. The minimum atomic E-state index is 0.680. The maximum atomic E-state index is 6.50. The van der Waals surface area contributed by atoms with E-state index in [-0.39, 0.29) is 0 Å². The highest BCUT2D eigenvalue weighted by Gasteiger charge is 1.84. The van der Waals surface area contributed by atoms with Crippen molar-refractivity contribution in [1.29, 1.82) is 5.26 Å². The summed E-state index contributed by atoms with van der Waals surface area (Å²) in [4.78, 5) is 3.81. The topological polar surface area (TPSA) is 62.7 Å². The molecule has 0 bridgehead atoms. The number of nitrogens with zero attached hydrogens (tertiary/aromatic N) is 2. The lowest BCUT2D eigenvalue weighted by Crippen LogP contribution is -1.83. The van der Waals surface area contributed by atoms with Crippen molar-refractivity contribution in [2.24, 2.45) is 0 Å². The van der Waals surface area contributed by atoms with Gasteiger partial charge in [0.05, 0.1) is 5.69 Å². The van der Waals surface area contributed by atoms with Gasteiger partial charge in [-0.1, -0.05) is 0 Å². The lowest BCUT2D eigenvalue weighted by molar-refractivity contribution is 1.31. The molecule has 2 N–H and O–H groups in total. The first kappa shape index (κ1) is 8.92. The second-order valence-corrected chi connectivity index (χ2v) is 2.35. The Kier molecular flexibility index (Phi) is 4.25. The molecule has 10 heavy (non-hydrogen) atoms. The van der Waals surface area contributed by atoms with E-state index in [1.54, 1.807) is 18.5 Å². The second-order valence-electron chi connectivity index (χ2n) is 1.44. The molecule has 3 nitrogen and oxygen atoms in total. The standard InChI is InChI=1S/C5H5BrN2.CHN/c6-4-1-5(7)3-8-2-4;1-2/h1-3H,7H2;1H. The van der Waals surface area contributed by atoms with Gasteiger partial charge in [0.25, 0.3) is 0 Å². The SMILES string of the molecule is C#N.Nc1cncc(Br)c1. The van der Waals surface area contributed by atoms with Crippen LogP contribution in [0.4, 0.5) is 5.69 Å². The van der Waals surface area contributed by atoms with E-state index >= 15 is 0 Å². The van der Waals surface area contributed by atoms with Gasteiger partial charge in [-0.25, -0.2) is 5.26 Å². The molecule has 0 fully saturated rings. The highest BCUT2D eigenvalue weighted by Crippen LogP contribution is 2.09. The Bertz CT molecular complexity index is 204. The van der Waals surface area contributed by atoms with Crippen LogP contribution in [0, 0.1) is 11.8 Å². The van der Waals surface area contributed by atoms with Crippen LogP contribution >= 0.6 is 15.9 Å². The summed E-state index contributed by atoms with van der Waals surface area (Å²) in [5.74, 6) is 0. The van der Waals surface area contributed by atoms with Crippen LogP contribution in [0.5, 0.6) is 0 Å². The molecule has 52 valence electrons. The Morgan fingerprint density at radius 3 is 2.40 bits per heavy atom. The number of hydrogen-bond donors (Lipinski definition) is 1. The van der Waals surface area contributed by atoms with E-state index in [2.05, 4.69) is 27.5 Å². The third-order valence-corrected chi connectivity index (χ3v) is 1.16. The van der Waals surface area contributed by atoms with Crippen LogP contribution in [-0.2, 0) is 0 Å². The van der Waals surface area contributed by atoms with Crippen LogP contribution in [0.1, 0.15) is 0 Å². The molecule has 0 aliphatic carbocycles. The van der Waals surface area contributed by atoms with Crippen molar-refractivity contribution in [1.82, 2.24) is 4.98 Å². The molecule has 1 rings (SSSR count). The second kappa shape index (κ2) is 4.77. The van der Waals surface area contributed by atoms with Gasteiger partial charge in [-0.15, -0.1) is 0 Å². The largest absolute Gasteiger partial charge is 0.397 e. The van der Waals surface area contributed by atoms with E-state index in [1.165, 1.54) is 0 Å². The van der Waals surface area contributed by atoms with Gasteiger partial charge in [0.1, 0.15) is 0 Å². The summed E-state index contributed by atoms with van der Waals surface area (Å²) in [5, 5.41) is 6.50. The number of aromatic nitrogens is 1. The molecule has 0 saturated heterocycles. The minimum Gasteiger partial charge on any atom is -0.397 e. The van der Waals surface area contributed by atoms with Crippen LogP contribution in [0.2, 0.25) is 0 Å². The Labute approximate surface area is 67.6 Å². The normalized spacial score (nSPS) is 7.50. The fourth-order valence-electron chi connectivity index (χ4n) is 0.428. The smallest absolute Gasteiger partial charge is 0.0511 e. The number of rotatable bonds is 0. The van der Waals surface area contributed by atoms with E-state index in [0.717, 1.165) is 4.47 Å². The zero-order valence-corrected chi connectivity index (χ0v) is 6.75. The minimum absolute atomic E-state index is 0.680. The summed E-state index contributed by atoms with van der Waals surface area (Å²) in [5.41, 5.74) is 6.05.